The molecule has 130 valence electrons. The number of pyridine rings is 1. The van der Waals surface area contributed by atoms with Gasteiger partial charge < -0.3 is 5.32 Å². The minimum Gasteiger partial charge on any atom is -0.352 e. The minimum absolute atomic E-state index is 0.0867. The van der Waals surface area contributed by atoms with Crippen molar-refractivity contribution in [3.05, 3.63) is 54.4 Å². The molecule has 0 aliphatic heterocycles. The molecule has 1 amide bonds. The summed E-state index contributed by atoms with van der Waals surface area (Å²) in [4.78, 5) is 17.9. The first-order chi connectivity index (χ1) is 12.1. The van der Waals surface area contributed by atoms with E-state index in [9.17, 15) is 4.79 Å². The summed E-state index contributed by atoms with van der Waals surface area (Å²) < 4.78 is 1.86. The maximum atomic E-state index is 12.3. The summed E-state index contributed by atoms with van der Waals surface area (Å²) in [6.07, 6.45) is 4.30. The van der Waals surface area contributed by atoms with Crippen LogP contribution in [0.4, 0.5) is 0 Å². The second-order valence-electron chi connectivity index (χ2n) is 6.09. The third-order valence-electron chi connectivity index (χ3n) is 3.80. The Balaban J connectivity index is 1.50. The number of benzene rings is 1. The van der Waals surface area contributed by atoms with E-state index in [4.69, 9.17) is 0 Å². The lowest BCUT2D eigenvalue weighted by Crippen LogP contribution is -2.24. The van der Waals surface area contributed by atoms with E-state index < -0.39 is 0 Å². The standard InChI is InChI=1S/C19H22N4OS/c1-14(2)23-18-15(13-22-23)11-16(12-21-18)19(24)20-9-6-10-25-17-7-4-3-5-8-17/h3-5,7-8,11-14H,6,9-10H2,1-2H3,(H,20,24). The molecule has 0 fully saturated rings. The van der Waals surface area contributed by atoms with Crippen LogP contribution in [0.3, 0.4) is 0 Å². The van der Waals surface area contributed by atoms with Crippen LogP contribution >= 0.6 is 11.8 Å². The zero-order valence-electron chi connectivity index (χ0n) is 14.5. The Hall–Kier alpha value is -2.34. The SMILES string of the molecule is CC(C)n1ncc2cc(C(=O)NCCCSc3ccccc3)cnc21. The summed E-state index contributed by atoms with van der Waals surface area (Å²) in [6, 6.07) is 12.4. The fraction of sp³-hybridized carbons (Fsp3) is 0.316. The summed E-state index contributed by atoms with van der Waals surface area (Å²) in [7, 11) is 0. The molecule has 0 aliphatic carbocycles. The molecular formula is C19H22N4OS. The van der Waals surface area contributed by atoms with Gasteiger partial charge >= 0.3 is 0 Å². The minimum atomic E-state index is -0.0867. The Morgan fingerprint density at radius 1 is 1.24 bits per heavy atom. The van der Waals surface area contributed by atoms with E-state index in [-0.39, 0.29) is 11.9 Å². The number of carbonyl (C=O) groups is 1. The number of carbonyl (C=O) groups excluding carboxylic acids is 1. The van der Waals surface area contributed by atoms with Gasteiger partial charge in [-0.15, -0.1) is 11.8 Å². The van der Waals surface area contributed by atoms with E-state index in [0.29, 0.717) is 12.1 Å². The van der Waals surface area contributed by atoms with Crippen LogP contribution in [0.25, 0.3) is 11.0 Å². The first kappa shape index (κ1) is 17.5. The number of hydrogen-bond donors (Lipinski definition) is 1. The number of nitrogens with one attached hydrogen (secondary N) is 1. The Morgan fingerprint density at radius 2 is 2.04 bits per heavy atom. The topological polar surface area (TPSA) is 59.8 Å². The van der Waals surface area contributed by atoms with Gasteiger partial charge in [-0.1, -0.05) is 18.2 Å². The Labute approximate surface area is 151 Å². The number of hydrogen-bond acceptors (Lipinski definition) is 4. The highest BCUT2D eigenvalue weighted by Gasteiger charge is 2.11. The summed E-state index contributed by atoms with van der Waals surface area (Å²) >= 11 is 1.80. The molecule has 25 heavy (non-hydrogen) atoms. The lowest BCUT2D eigenvalue weighted by molar-refractivity contribution is 0.0953. The molecule has 6 heteroatoms. The predicted octanol–water partition coefficient (Wildman–Crippen LogP) is 3.92. The summed E-state index contributed by atoms with van der Waals surface area (Å²) in [5.74, 6) is 0.888. The van der Waals surface area contributed by atoms with Crippen LogP contribution in [0.2, 0.25) is 0 Å². The summed E-state index contributed by atoms with van der Waals surface area (Å²) in [6.45, 7) is 4.77. The van der Waals surface area contributed by atoms with Crippen molar-refractivity contribution in [2.75, 3.05) is 12.3 Å². The molecule has 0 spiro atoms. The van der Waals surface area contributed by atoms with E-state index in [1.807, 2.05) is 28.9 Å². The van der Waals surface area contributed by atoms with Gasteiger partial charge in [0.05, 0.1) is 11.8 Å². The molecule has 2 aromatic heterocycles. The molecule has 0 saturated heterocycles. The Kier molecular flexibility index (Phi) is 5.71. The molecule has 0 unspecified atom stereocenters. The number of thioether (sulfide) groups is 1. The van der Waals surface area contributed by atoms with E-state index in [0.717, 1.165) is 23.2 Å². The second kappa shape index (κ2) is 8.16. The molecule has 0 saturated carbocycles. The van der Waals surface area contributed by atoms with Crippen molar-refractivity contribution in [3.63, 3.8) is 0 Å². The van der Waals surface area contributed by atoms with Crippen LogP contribution < -0.4 is 5.32 Å². The van der Waals surface area contributed by atoms with Crippen LogP contribution in [0.1, 0.15) is 36.7 Å². The van der Waals surface area contributed by atoms with Crippen LogP contribution in [0.5, 0.6) is 0 Å². The monoisotopic (exact) mass is 354 g/mol. The molecule has 0 radical (unpaired) electrons. The van der Waals surface area contributed by atoms with Crippen LogP contribution in [0, 0.1) is 0 Å². The van der Waals surface area contributed by atoms with Gasteiger partial charge in [0, 0.05) is 29.1 Å². The van der Waals surface area contributed by atoms with Crippen molar-refractivity contribution >= 4 is 28.7 Å². The molecule has 1 N–H and O–H groups in total. The molecule has 1 aromatic carbocycles. The zero-order valence-corrected chi connectivity index (χ0v) is 15.3. The number of amides is 1. The average Bonchev–Trinajstić information content (AvgIpc) is 3.05. The third kappa shape index (κ3) is 4.39. The van der Waals surface area contributed by atoms with Crippen LogP contribution in [0.15, 0.2) is 53.7 Å². The van der Waals surface area contributed by atoms with Gasteiger partial charge in [-0.2, -0.15) is 5.10 Å². The number of nitrogens with zero attached hydrogens (tertiary/aromatic N) is 3. The first-order valence-electron chi connectivity index (χ1n) is 8.44. The maximum absolute atomic E-state index is 12.3. The number of fused-ring (bicyclic) bond motifs is 1. The van der Waals surface area contributed by atoms with Crippen molar-refractivity contribution < 1.29 is 4.79 Å². The van der Waals surface area contributed by atoms with Gasteiger partial charge in [0.15, 0.2) is 5.65 Å². The Morgan fingerprint density at radius 3 is 2.80 bits per heavy atom. The van der Waals surface area contributed by atoms with E-state index in [1.54, 1.807) is 24.2 Å². The molecule has 0 atom stereocenters. The van der Waals surface area contributed by atoms with Gasteiger partial charge in [0.1, 0.15) is 0 Å². The second-order valence-corrected chi connectivity index (χ2v) is 7.26. The first-order valence-corrected chi connectivity index (χ1v) is 9.43. The fourth-order valence-corrected chi connectivity index (χ4v) is 3.40. The summed E-state index contributed by atoms with van der Waals surface area (Å²) in [5.41, 5.74) is 1.39. The lowest BCUT2D eigenvalue weighted by Gasteiger charge is -2.07. The predicted molar refractivity (Wildman–Crippen MR) is 102 cm³/mol. The van der Waals surface area contributed by atoms with Crippen LogP contribution in [-0.4, -0.2) is 33.0 Å². The largest absolute Gasteiger partial charge is 0.352 e. The molecule has 5 nitrogen and oxygen atoms in total. The molecule has 3 rings (SSSR count). The van der Waals surface area contributed by atoms with E-state index >= 15 is 0 Å². The highest BCUT2D eigenvalue weighted by molar-refractivity contribution is 7.99. The zero-order chi connectivity index (χ0) is 17.6. The van der Waals surface area contributed by atoms with E-state index in [1.165, 1.54) is 4.90 Å². The van der Waals surface area contributed by atoms with E-state index in [2.05, 4.69) is 41.4 Å². The molecule has 0 bridgehead atoms. The number of rotatable bonds is 7. The van der Waals surface area contributed by atoms with Crippen molar-refractivity contribution in [1.82, 2.24) is 20.1 Å². The maximum Gasteiger partial charge on any atom is 0.252 e. The smallest absolute Gasteiger partial charge is 0.252 e. The average molecular weight is 354 g/mol. The summed E-state index contributed by atoms with van der Waals surface area (Å²) in [5, 5.41) is 8.18. The molecule has 2 heterocycles. The van der Waals surface area contributed by atoms with Gasteiger partial charge in [-0.05, 0) is 44.2 Å². The highest BCUT2D eigenvalue weighted by atomic mass is 32.2. The van der Waals surface area contributed by atoms with Crippen molar-refractivity contribution in [3.8, 4) is 0 Å². The van der Waals surface area contributed by atoms with Gasteiger partial charge in [0.2, 0.25) is 0 Å². The van der Waals surface area contributed by atoms with Gasteiger partial charge in [-0.3, -0.25) is 4.79 Å². The van der Waals surface area contributed by atoms with Gasteiger partial charge in [0.25, 0.3) is 5.91 Å². The Bertz CT molecular complexity index is 845. The lowest BCUT2D eigenvalue weighted by atomic mass is 10.2. The van der Waals surface area contributed by atoms with Crippen molar-refractivity contribution in [2.45, 2.75) is 31.2 Å². The number of aromatic nitrogens is 3. The fourth-order valence-electron chi connectivity index (χ4n) is 2.53. The molecule has 3 aromatic rings. The van der Waals surface area contributed by atoms with Crippen molar-refractivity contribution in [2.24, 2.45) is 0 Å². The molecular weight excluding hydrogens is 332 g/mol. The van der Waals surface area contributed by atoms with Crippen LogP contribution in [-0.2, 0) is 0 Å². The van der Waals surface area contributed by atoms with Crippen molar-refractivity contribution in [1.29, 1.82) is 0 Å². The quantitative estimate of drug-likeness (QED) is 0.516. The normalized spacial score (nSPS) is 11.2. The van der Waals surface area contributed by atoms with Gasteiger partial charge in [-0.25, -0.2) is 9.67 Å². The highest BCUT2D eigenvalue weighted by Crippen LogP contribution is 2.18. The molecule has 0 aliphatic rings. The third-order valence-corrected chi connectivity index (χ3v) is 4.90.